The van der Waals surface area contributed by atoms with Crippen molar-refractivity contribution in [2.45, 2.75) is 33.1 Å². The first-order valence-corrected chi connectivity index (χ1v) is 6.28. The second-order valence-corrected chi connectivity index (χ2v) is 4.67. The molecule has 0 aromatic heterocycles. The van der Waals surface area contributed by atoms with Crippen LogP contribution in [0.2, 0.25) is 0 Å². The Kier molecular flexibility index (Phi) is 5.53. The number of nitrogens with zero attached hydrogens (tertiary/aromatic N) is 1. The Bertz CT molecular complexity index is 255. The van der Waals surface area contributed by atoms with E-state index >= 15 is 0 Å². The van der Waals surface area contributed by atoms with Gasteiger partial charge in [0, 0.05) is 19.2 Å². The maximum atomic E-state index is 11.9. The second kappa shape index (κ2) is 6.69. The maximum Gasteiger partial charge on any atom is 0.248 e. The molecule has 1 saturated heterocycles. The minimum Gasteiger partial charge on any atom is -0.342 e. The summed E-state index contributed by atoms with van der Waals surface area (Å²) in [4.78, 5) is 13.8. The first-order valence-electron chi connectivity index (χ1n) is 6.28. The number of carbonyl (C=O) groups excluding carboxylic acids is 1. The Balaban J connectivity index is 2.41. The largest absolute Gasteiger partial charge is 0.342 e. The lowest BCUT2D eigenvalue weighted by molar-refractivity contribution is -0.126. The highest BCUT2D eigenvalue weighted by molar-refractivity contribution is 5.92. The number of amides is 1. The summed E-state index contributed by atoms with van der Waals surface area (Å²) in [6.45, 7) is 7.05. The van der Waals surface area contributed by atoms with Crippen molar-refractivity contribution in [1.82, 2.24) is 10.2 Å². The van der Waals surface area contributed by atoms with Crippen LogP contribution in [-0.2, 0) is 4.79 Å². The Morgan fingerprint density at radius 3 is 2.62 bits per heavy atom. The third kappa shape index (κ3) is 3.97. The predicted molar refractivity (Wildman–Crippen MR) is 67.3 cm³/mol. The van der Waals surface area contributed by atoms with Crippen LogP contribution in [-0.4, -0.2) is 37.5 Å². The van der Waals surface area contributed by atoms with E-state index in [0.717, 1.165) is 31.6 Å². The molecule has 3 nitrogen and oxygen atoms in total. The summed E-state index contributed by atoms with van der Waals surface area (Å²) >= 11 is 0. The van der Waals surface area contributed by atoms with Crippen LogP contribution in [0.4, 0.5) is 0 Å². The van der Waals surface area contributed by atoms with Gasteiger partial charge in [0.05, 0.1) is 0 Å². The minimum absolute atomic E-state index is 0.181. The fourth-order valence-corrected chi connectivity index (χ4v) is 2.23. The first-order chi connectivity index (χ1) is 7.65. The molecule has 1 fully saturated rings. The van der Waals surface area contributed by atoms with Gasteiger partial charge in [0.15, 0.2) is 0 Å². The summed E-state index contributed by atoms with van der Waals surface area (Å²) in [5.41, 5.74) is 0.874. The van der Waals surface area contributed by atoms with Gasteiger partial charge in [-0.05, 0) is 45.2 Å². The summed E-state index contributed by atoms with van der Waals surface area (Å²) < 4.78 is 0. The molecule has 0 unspecified atom stereocenters. The van der Waals surface area contributed by atoms with Gasteiger partial charge in [0.1, 0.15) is 0 Å². The van der Waals surface area contributed by atoms with E-state index in [-0.39, 0.29) is 5.91 Å². The average molecular weight is 224 g/mol. The molecule has 1 aliphatic heterocycles. The van der Waals surface area contributed by atoms with Crippen molar-refractivity contribution < 1.29 is 4.79 Å². The van der Waals surface area contributed by atoms with Crippen molar-refractivity contribution >= 4 is 5.91 Å². The maximum absolute atomic E-state index is 11.9. The third-order valence-electron chi connectivity index (χ3n) is 3.19. The van der Waals surface area contributed by atoms with E-state index in [9.17, 15) is 4.79 Å². The van der Waals surface area contributed by atoms with Crippen molar-refractivity contribution in [2.24, 2.45) is 5.92 Å². The molecule has 1 amide bonds. The molecule has 0 spiro atoms. The summed E-state index contributed by atoms with van der Waals surface area (Å²) in [5, 5.41) is 3.35. The average Bonchev–Trinajstić information content (AvgIpc) is 2.29. The quantitative estimate of drug-likeness (QED) is 0.739. The van der Waals surface area contributed by atoms with E-state index in [0.29, 0.717) is 5.92 Å². The molecule has 0 aliphatic carbocycles. The number of likely N-dealkylation sites (N-methyl/N-ethyl adjacent to an activating group) is 1. The van der Waals surface area contributed by atoms with Gasteiger partial charge in [0.2, 0.25) is 5.91 Å². The van der Waals surface area contributed by atoms with Gasteiger partial charge in [-0.1, -0.05) is 13.0 Å². The number of nitrogens with one attached hydrogen (secondary N) is 1. The number of rotatable bonds is 4. The number of piperidine rings is 1. The van der Waals surface area contributed by atoms with E-state index in [4.69, 9.17) is 0 Å². The van der Waals surface area contributed by atoms with Crippen LogP contribution < -0.4 is 5.32 Å². The van der Waals surface area contributed by atoms with E-state index in [1.807, 2.05) is 24.9 Å². The van der Waals surface area contributed by atoms with Crippen LogP contribution in [0.3, 0.4) is 0 Å². The molecule has 0 atom stereocenters. The zero-order chi connectivity index (χ0) is 12.0. The zero-order valence-electron chi connectivity index (χ0n) is 10.8. The molecular formula is C13H24N2O. The molecule has 1 N–H and O–H groups in total. The summed E-state index contributed by atoms with van der Waals surface area (Å²) in [6, 6.07) is 0. The monoisotopic (exact) mass is 224 g/mol. The zero-order valence-corrected chi connectivity index (χ0v) is 10.8. The van der Waals surface area contributed by atoms with Crippen LogP contribution >= 0.6 is 0 Å². The van der Waals surface area contributed by atoms with Crippen molar-refractivity contribution in [3.63, 3.8) is 0 Å². The lowest BCUT2D eigenvalue weighted by atomic mass is 9.97. The van der Waals surface area contributed by atoms with Gasteiger partial charge >= 0.3 is 0 Å². The van der Waals surface area contributed by atoms with Crippen LogP contribution in [0.25, 0.3) is 0 Å². The standard InChI is InChI=1S/C13H24N2O/c1-4-5-11(2)13(16)15(3)10-12-6-8-14-9-7-12/h5,12,14H,4,6-10H2,1-3H3. The molecule has 92 valence electrons. The van der Waals surface area contributed by atoms with Crippen molar-refractivity contribution in [1.29, 1.82) is 0 Å². The van der Waals surface area contributed by atoms with Crippen LogP contribution in [0.5, 0.6) is 0 Å². The van der Waals surface area contributed by atoms with Gasteiger partial charge in [-0.3, -0.25) is 4.79 Å². The van der Waals surface area contributed by atoms with E-state index in [2.05, 4.69) is 12.2 Å². The molecule has 1 rings (SSSR count). The molecule has 0 aromatic carbocycles. The summed E-state index contributed by atoms with van der Waals surface area (Å²) in [7, 11) is 1.91. The molecular weight excluding hydrogens is 200 g/mol. The lowest BCUT2D eigenvalue weighted by Gasteiger charge is -2.27. The fraction of sp³-hybridized carbons (Fsp3) is 0.769. The van der Waals surface area contributed by atoms with Crippen LogP contribution in [0.15, 0.2) is 11.6 Å². The minimum atomic E-state index is 0.181. The van der Waals surface area contributed by atoms with E-state index in [1.54, 1.807) is 0 Å². The number of allylic oxidation sites excluding steroid dienone is 1. The molecule has 0 aromatic rings. The van der Waals surface area contributed by atoms with Crippen molar-refractivity contribution in [3.8, 4) is 0 Å². The number of hydrogen-bond acceptors (Lipinski definition) is 2. The van der Waals surface area contributed by atoms with Gasteiger partial charge in [-0.25, -0.2) is 0 Å². The summed E-state index contributed by atoms with van der Waals surface area (Å²) in [6.07, 6.45) is 5.31. The first kappa shape index (κ1) is 13.2. The smallest absolute Gasteiger partial charge is 0.248 e. The van der Waals surface area contributed by atoms with Gasteiger partial charge < -0.3 is 10.2 Å². The molecule has 0 saturated carbocycles. The summed E-state index contributed by atoms with van der Waals surface area (Å²) in [5.74, 6) is 0.852. The molecule has 16 heavy (non-hydrogen) atoms. The van der Waals surface area contributed by atoms with Crippen molar-refractivity contribution in [2.75, 3.05) is 26.7 Å². The molecule has 3 heteroatoms. The Labute approximate surface area is 98.9 Å². The molecule has 0 bridgehead atoms. The van der Waals surface area contributed by atoms with Crippen LogP contribution in [0.1, 0.15) is 33.1 Å². The second-order valence-electron chi connectivity index (χ2n) is 4.67. The van der Waals surface area contributed by atoms with Gasteiger partial charge in [0.25, 0.3) is 0 Å². The Hall–Kier alpha value is -0.830. The topological polar surface area (TPSA) is 32.3 Å². The highest BCUT2D eigenvalue weighted by Crippen LogP contribution is 2.13. The van der Waals surface area contributed by atoms with E-state index < -0.39 is 0 Å². The normalized spacial score (nSPS) is 18.6. The van der Waals surface area contributed by atoms with Gasteiger partial charge in [-0.15, -0.1) is 0 Å². The number of hydrogen-bond donors (Lipinski definition) is 1. The Morgan fingerprint density at radius 1 is 1.44 bits per heavy atom. The third-order valence-corrected chi connectivity index (χ3v) is 3.19. The Morgan fingerprint density at radius 2 is 2.06 bits per heavy atom. The van der Waals surface area contributed by atoms with Gasteiger partial charge in [-0.2, -0.15) is 0 Å². The van der Waals surface area contributed by atoms with Crippen LogP contribution in [0, 0.1) is 5.92 Å². The lowest BCUT2D eigenvalue weighted by Crippen LogP contribution is -2.37. The SMILES string of the molecule is CCC=C(C)C(=O)N(C)CC1CCNCC1. The predicted octanol–water partition coefficient (Wildman–Crippen LogP) is 1.80. The van der Waals surface area contributed by atoms with Crippen molar-refractivity contribution in [3.05, 3.63) is 11.6 Å². The van der Waals surface area contributed by atoms with E-state index in [1.165, 1.54) is 12.8 Å². The number of carbonyl (C=O) groups is 1. The highest BCUT2D eigenvalue weighted by Gasteiger charge is 2.18. The fourth-order valence-electron chi connectivity index (χ4n) is 2.23. The molecule has 1 heterocycles. The highest BCUT2D eigenvalue weighted by atomic mass is 16.2. The molecule has 0 radical (unpaired) electrons. The molecule has 1 aliphatic rings.